The lowest BCUT2D eigenvalue weighted by Gasteiger charge is -2.06. The maximum atomic E-state index is 9.11. The molecule has 0 aliphatic rings. The maximum Gasteiger partial charge on any atom is 0.141 e. The molecular weight excluding hydrogens is 236 g/mol. The summed E-state index contributed by atoms with van der Waals surface area (Å²) in [6, 6.07) is 10.0. The summed E-state index contributed by atoms with van der Waals surface area (Å²) < 4.78 is 1.75. The van der Waals surface area contributed by atoms with Crippen LogP contribution in [-0.4, -0.2) is 14.8 Å². The first-order valence-corrected chi connectivity index (χ1v) is 5.98. The quantitative estimate of drug-likeness (QED) is 0.665. The smallest absolute Gasteiger partial charge is 0.141 e. The molecular formula is C15H12N4. The Morgan fingerprint density at radius 1 is 1.26 bits per heavy atom. The van der Waals surface area contributed by atoms with Gasteiger partial charge in [0.25, 0.3) is 0 Å². The van der Waals surface area contributed by atoms with E-state index in [0.717, 1.165) is 27.6 Å². The number of benzene rings is 1. The summed E-state index contributed by atoms with van der Waals surface area (Å²) in [4.78, 5) is 4.36. The Bertz CT molecular complexity index is 809. The van der Waals surface area contributed by atoms with Crippen molar-refractivity contribution in [3.8, 4) is 17.2 Å². The highest BCUT2D eigenvalue weighted by molar-refractivity contribution is 5.95. The number of fused-ring (bicyclic) bond motifs is 1. The number of aryl methyl sites for hydroxylation is 2. The average molecular weight is 248 g/mol. The highest BCUT2D eigenvalue weighted by Gasteiger charge is 2.09. The fourth-order valence-electron chi connectivity index (χ4n) is 2.19. The van der Waals surface area contributed by atoms with Crippen LogP contribution in [0.4, 0.5) is 0 Å². The molecule has 2 heterocycles. The van der Waals surface area contributed by atoms with Crippen LogP contribution in [0, 0.1) is 18.3 Å². The summed E-state index contributed by atoms with van der Waals surface area (Å²) in [7, 11) is 1.88. The Morgan fingerprint density at radius 2 is 2.11 bits per heavy atom. The van der Waals surface area contributed by atoms with E-state index >= 15 is 0 Å². The summed E-state index contributed by atoms with van der Waals surface area (Å²) in [6.45, 7) is 2.02. The van der Waals surface area contributed by atoms with Crippen LogP contribution in [0.5, 0.6) is 0 Å². The van der Waals surface area contributed by atoms with Crippen LogP contribution in [0.3, 0.4) is 0 Å². The third kappa shape index (κ3) is 1.95. The van der Waals surface area contributed by atoms with Crippen molar-refractivity contribution in [2.24, 2.45) is 7.05 Å². The van der Waals surface area contributed by atoms with Gasteiger partial charge >= 0.3 is 0 Å². The lowest BCUT2D eigenvalue weighted by atomic mass is 10.0. The number of nitrogens with zero attached hydrogens (tertiary/aromatic N) is 4. The maximum absolute atomic E-state index is 9.11. The fraction of sp³-hybridized carbons (Fsp3) is 0.133. The molecule has 3 aromatic rings. The highest BCUT2D eigenvalue weighted by atomic mass is 15.2. The van der Waals surface area contributed by atoms with Gasteiger partial charge in [-0.2, -0.15) is 10.4 Å². The van der Waals surface area contributed by atoms with Crippen LogP contribution < -0.4 is 0 Å². The molecule has 0 unspecified atom stereocenters. The second-order valence-electron chi connectivity index (χ2n) is 4.59. The van der Waals surface area contributed by atoms with Gasteiger partial charge in [-0.05, 0) is 30.2 Å². The second kappa shape index (κ2) is 4.21. The second-order valence-corrected chi connectivity index (χ2v) is 4.59. The summed E-state index contributed by atoms with van der Waals surface area (Å²) in [5, 5.41) is 14.3. The molecule has 1 aromatic carbocycles. The van der Waals surface area contributed by atoms with Crippen molar-refractivity contribution in [3.05, 3.63) is 47.9 Å². The van der Waals surface area contributed by atoms with Crippen LogP contribution >= 0.6 is 0 Å². The van der Waals surface area contributed by atoms with E-state index in [9.17, 15) is 0 Å². The first kappa shape index (κ1) is 11.4. The van der Waals surface area contributed by atoms with Gasteiger partial charge in [-0.15, -0.1) is 0 Å². The predicted octanol–water partition coefficient (Wildman–Crippen LogP) is 2.82. The van der Waals surface area contributed by atoms with E-state index in [1.165, 1.54) is 0 Å². The zero-order valence-corrected chi connectivity index (χ0v) is 10.8. The third-order valence-electron chi connectivity index (χ3n) is 3.10. The van der Waals surface area contributed by atoms with Gasteiger partial charge in [0, 0.05) is 24.2 Å². The zero-order valence-electron chi connectivity index (χ0n) is 10.8. The Balaban J connectivity index is 2.37. The number of hydrogen-bond donors (Lipinski definition) is 0. The van der Waals surface area contributed by atoms with E-state index in [-0.39, 0.29) is 0 Å². The molecule has 0 fully saturated rings. The molecule has 0 aliphatic carbocycles. The van der Waals surface area contributed by atoms with Gasteiger partial charge in [0.1, 0.15) is 11.8 Å². The van der Waals surface area contributed by atoms with Crippen molar-refractivity contribution in [1.29, 1.82) is 5.26 Å². The van der Waals surface area contributed by atoms with E-state index in [1.807, 2.05) is 38.4 Å². The number of nitriles is 1. The van der Waals surface area contributed by atoms with Crippen LogP contribution in [0.2, 0.25) is 0 Å². The molecule has 4 nitrogen and oxygen atoms in total. The minimum absolute atomic E-state index is 0.428. The largest absolute Gasteiger partial charge is 0.275 e. The van der Waals surface area contributed by atoms with Crippen molar-refractivity contribution >= 4 is 10.9 Å². The van der Waals surface area contributed by atoms with Crippen molar-refractivity contribution in [3.63, 3.8) is 0 Å². The van der Waals surface area contributed by atoms with E-state index in [1.54, 1.807) is 10.9 Å². The van der Waals surface area contributed by atoms with Gasteiger partial charge in [0.15, 0.2) is 0 Å². The number of rotatable bonds is 1. The first-order chi connectivity index (χ1) is 9.17. The molecule has 0 bridgehead atoms. The molecule has 0 spiro atoms. The fourth-order valence-corrected chi connectivity index (χ4v) is 2.19. The van der Waals surface area contributed by atoms with Crippen molar-refractivity contribution in [2.75, 3.05) is 0 Å². The molecule has 0 N–H and O–H groups in total. The molecule has 4 heteroatoms. The zero-order chi connectivity index (χ0) is 13.4. The Kier molecular flexibility index (Phi) is 2.53. The van der Waals surface area contributed by atoms with E-state index < -0.39 is 0 Å². The average Bonchev–Trinajstić information content (AvgIpc) is 2.83. The molecule has 2 aromatic heterocycles. The minimum atomic E-state index is 0.428. The molecule has 92 valence electrons. The summed E-state index contributed by atoms with van der Waals surface area (Å²) in [5.74, 6) is 0. The monoisotopic (exact) mass is 248 g/mol. The van der Waals surface area contributed by atoms with Gasteiger partial charge in [-0.25, -0.2) is 4.98 Å². The minimum Gasteiger partial charge on any atom is -0.275 e. The SMILES string of the molecule is Cc1ccc2c(-c3cnn(C)c3)cc(C#N)nc2c1. The van der Waals surface area contributed by atoms with Gasteiger partial charge in [0.2, 0.25) is 0 Å². The van der Waals surface area contributed by atoms with E-state index in [4.69, 9.17) is 5.26 Å². The van der Waals surface area contributed by atoms with Crippen molar-refractivity contribution in [1.82, 2.24) is 14.8 Å². The Morgan fingerprint density at radius 3 is 2.79 bits per heavy atom. The molecule has 0 saturated carbocycles. The number of hydrogen-bond acceptors (Lipinski definition) is 3. The van der Waals surface area contributed by atoms with Crippen LogP contribution in [0.1, 0.15) is 11.3 Å². The Hall–Kier alpha value is -2.67. The van der Waals surface area contributed by atoms with E-state index in [2.05, 4.69) is 22.2 Å². The topological polar surface area (TPSA) is 54.5 Å². The lowest BCUT2D eigenvalue weighted by Crippen LogP contribution is -1.89. The van der Waals surface area contributed by atoms with Crippen LogP contribution in [-0.2, 0) is 7.05 Å². The highest BCUT2D eigenvalue weighted by Crippen LogP contribution is 2.28. The summed E-state index contributed by atoms with van der Waals surface area (Å²) >= 11 is 0. The lowest BCUT2D eigenvalue weighted by molar-refractivity contribution is 0.768. The van der Waals surface area contributed by atoms with Gasteiger partial charge in [-0.1, -0.05) is 12.1 Å². The normalized spacial score (nSPS) is 10.6. The molecule has 0 saturated heterocycles. The van der Waals surface area contributed by atoms with Crippen LogP contribution in [0.25, 0.3) is 22.0 Å². The summed E-state index contributed by atoms with van der Waals surface area (Å²) in [5.41, 5.74) is 4.40. The summed E-state index contributed by atoms with van der Waals surface area (Å²) in [6.07, 6.45) is 3.74. The third-order valence-corrected chi connectivity index (χ3v) is 3.10. The van der Waals surface area contributed by atoms with Crippen molar-refractivity contribution in [2.45, 2.75) is 6.92 Å². The first-order valence-electron chi connectivity index (χ1n) is 5.98. The predicted molar refractivity (Wildman–Crippen MR) is 73.4 cm³/mol. The molecule has 0 amide bonds. The van der Waals surface area contributed by atoms with Gasteiger partial charge in [0.05, 0.1) is 11.7 Å². The van der Waals surface area contributed by atoms with Crippen molar-refractivity contribution < 1.29 is 0 Å². The Labute approximate surface area is 110 Å². The molecule has 19 heavy (non-hydrogen) atoms. The molecule has 3 rings (SSSR count). The molecule has 0 aliphatic heterocycles. The van der Waals surface area contributed by atoms with Crippen LogP contribution in [0.15, 0.2) is 36.7 Å². The standard InChI is InChI=1S/C15H12N4/c1-10-3-4-13-14(11-8-17-19(2)9-11)6-12(7-16)18-15(13)5-10/h3-6,8-9H,1-2H3. The molecule has 0 radical (unpaired) electrons. The van der Waals surface area contributed by atoms with E-state index in [0.29, 0.717) is 5.69 Å². The number of pyridine rings is 1. The number of aromatic nitrogens is 3. The molecule has 0 atom stereocenters. The van der Waals surface area contributed by atoms with Gasteiger partial charge < -0.3 is 0 Å². The van der Waals surface area contributed by atoms with Gasteiger partial charge in [-0.3, -0.25) is 4.68 Å².